The molecule has 2 aliphatic heterocycles. The Kier molecular flexibility index (Phi) is 7.47. The maximum absolute atomic E-state index is 13.1. The molecule has 1 unspecified atom stereocenters. The average Bonchev–Trinajstić information content (AvgIpc) is 3.33. The number of rotatable bonds is 3. The molecule has 0 aromatic carbocycles. The van der Waals surface area contributed by atoms with Crippen LogP contribution < -0.4 is 10.2 Å². The molecule has 1 amide bonds. The van der Waals surface area contributed by atoms with E-state index in [0.717, 1.165) is 37.8 Å². The van der Waals surface area contributed by atoms with Gasteiger partial charge in [0, 0.05) is 58.4 Å². The molecule has 2 aliphatic rings. The van der Waals surface area contributed by atoms with Crippen LogP contribution in [-0.4, -0.2) is 58.1 Å². The quantitative estimate of drug-likeness (QED) is 0.835. The van der Waals surface area contributed by atoms with Crippen molar-refractivity contribution in [1.29, 1.82) is 0 Å². The van der Waals surface area contributed by atoms with Crippen molar-refractivity contribution < 1.29 is 4.79 Å². The molecule has 148 valence electrons. The highest BCUT2D eigenvalue weighted by atomic mass is 35.5. The Hall–Kier alpha value is -1.83. The van der Waals surface area contributed by atoms with E-state index in [1.165, 1.54) is 12.8 Å². The monoisotopic (exact) mass is 412 g/mol. The highest BCUT2D eigenvalue weighted by Gasteiger charge is 2.31. The molecular formula is C18H26Cl2N6O. The van der Waals surface area contributed by atoms with E-state index in [2.05, 4.69) is 20.2 Å². The number of carbonyl (C=O) groups excluding carboxylic acids is 1. The second-order valence-corrected chi connectivity index (χ2v) is 6.71. The third kappa shape index (κ3) is 4.36. The summed E-state index contributed by atoms with van der Waals surface area (Å²) >= 11 is 0. The third-order valence-corrected chi connectivity index (χ3v) is 5.09. The first-order chi connectivity index (χ1) is 12.2. The number of aromatic nitrogens is 3. The van der Waals surface area contributed by atoms with E-state index in [-0.39, 0.29) is 36.8 Å². The summed E-state index contributed by atoms with van der Waals surface area (Å²) in [5.74, 6) is 1.90. The first kappa shape index (κ1) is 21.5. The highest BCUT2D eigenvalue weighted by Crippen LogP contribution is 2.24. The van der Waals surface area contributed by atoms with Crippen LogP contribution in [0.2, 0.25) is 0 Å². The van der Waals surface area contributed by atoms with Gasteiger partial charge in [0.05, 0.1) is 5.56 Å². The highest BCUT2D eigenvalue weighted by molar-refractivity contribution is 5.94. The molecule has 27 heavy (non-hydrogen) atoms. The summed E-state index contributed by atoms with van der Waals surface area (Å²) in [6, 6.07) is 3.82. The molecule has 1 atom stereocenters. The van der Waals surface area contributed by atoms with E-state index in [9.17, 15) is 4.79 Å². The number of amides is 1. The van der Waals surface area contributed by atoms with Gasteiger partial charge in [-0.05, 0) is 25.0 Å². The summed E-state index contributed by atoms with van der Waals surface area (Å²) < 4.78 is 1.98. The van der Waals surface area contributed by atoms with Gasteiger partial charge in [-0.25, -0.2) is 9.97 Å². The van der Waals surface area contributed by atoms with E-state index < -0.39 is 0 Å². The van der Waals surface area contributed by atoms with Crippen LogP contribution in [0.25, 0.3) is 0 Å². The second-order valence-electron chi connectivity index (χ2n) is 6.71. The van der Waals surface area contributed by atoms with Crippen LogP contribution in [-0.2, 0) is 7.05 Å². The number of nitrogens with zero attached hydrogens (tertiary/aromatic N) is 5. The number of nitrogens with one attached hydrogen (secondary N) is 1. The molecule has 9 heteroatoms. The zero-order valence-electron chi connectivity index (χ0n) is 15.4. The van der Waals surface area contributed by atoms with Crippen LogP contribution in [0, 0.1) is 0 Å². The standard InChI is InChI=1S/C18H24N6O.2ClH/c1-22-10-7-20-17(22)15-13-19-6-11-24(15)18(25)14-4-5-16(21-12-14)23-8-2-3-9-23;;/h4-5,7,10,12,15,19H,2-3,6,8-9,11,13H2,1H3;2*1H. The van der Waals surface area contributed by atoms with Crippen LogP contribution in [0.3, 0.4) is 0 Å². The molecule has 2 aromatic rings. The fourth-order valence-electron chi connectivity index (χ4n) is 3.69. The average molecular weight is 413 g/mol. The number of anilines is 1. The smallest absolute Gasteiger partial charge is 0.256 e. The van der Waals surface area contributed by atoms with Crippen molar-refractivity contribution in [3.05, 3.63) is 42.1 Å². The van der Waals surface area contributed by atoms with Crippen molar-refractivity contribution in [1.82, 2.24) is 24.8 Å². The normalized spacial score (nSPS) is 19.4. The van der Waals surface area contributed by atoms with Gasteiger partial charge in [0.1, 0.15) is 17.7 Å². The lowest BCUT2D eigenvalue weighted by Gasteiger charge is -2.35. The van der Waals surface area contributed by atoms with Crippen molar-refractivity contribution in [2.24, 2.45) is 7.05 Å². The van der Waals surface area contributed by atoms with Crippen molar-refractivity contribution >= 4 is 36.5 Å². The van der Waals surface area contributed by atoms with Crippen LogP contribution in [0.15, 0.2) is 30.7 Å². The number of halogens is 2. The fourth-order valence-corrected chi connectivity index (χ4v) is 3.69. The number of imidazole rings is 1. The Morgan fingerprint density at radius 3 is 2.56 bits per heavy atom. The van der Waals surface area contributed by atoms with Gasteiger partial charge in [-0.2, -0.15) is 0 Å². The Bertz CT molecular complexity index is 745. The van der Waals surface area contributed by atoms with E-state index >= 15 is 0 Å². The Labute approximate surface area is 172 Å². The topological polar surface area (TPSA) is 66.3 Å². The molecule has 7 nitrogen and oxygen atoms in total. The lowest BCUT2D eigenvalue weighted by molar-refractivity contribution is 0.0620. The lowest BCUT2D eigenvalue weighted by atomic mass is 10.1. The van der Waals surface area contributed by atoms with Gasteiger partial charge < -0.3 is 19.7 Å². The molecule has 0 spiro atoms. The zero-order valence-corrected chi connectivity index (χ0v) is 17.0. The summed E-state index contributed by atoms with van der Waals surface area (Å²) in [4.78, 5) is 26.2. The summed E-state index contributed by atoms with van der Waals surface area (Å²) in [6.45, 7) is 4.30. The molecular weight excluding hydrogens is 387 g/mol. The summed E-state index contributed by atoms with van der Waals surface area (Å²) in [5, 5.41) is 3.36. The summed E-state index contributed by atoms with van der Waals surface area (Å²) in [5.41, 5.74) is 0.643. The maximum Gasteiger partial charge on any atom is 0.256 e. The summed E-state index contributed by atoms with van der Waals surface area (Å²) in [6.07, 6.45) is 7.84. The number of hydrogen-bond acceptors (Lipinski definition) is 5. The number of pyridine rings is 1. The molecule has 2 aromatic heterocycles. The molecule has 4 heterocycles. The van der Waals surface area contributed by atoms with Crippen LogP contribution in [0.1, 0.15) is 35.1 Å². The van der Waals surface area contributed by atoms with Gasteiger partial charge in [-0.1, -0.05) is 0 Å². The Balaban J connectivity index is 0.00000131. The minimum Gasteiger partial charge on any atom is -0.357 e. The number of aryl methyl sites for hydroxylation is 1. The number of piperazine rings is 1. The van der Waals surface area contributed by atoms with Crippen LogP contribution >= 0.6 is 24.8 Å². The lowest BCUT2D eigenvalue weighted by Crippen LogP contribution is -2.49. The minimum absolute atomic E-state index is 0. The van der Waals surface area contributed by atoms with Gasteiger partial charge in [-0.3, -0.25) is 4.79 Å². The van der Waals surface area contributed by atoms with Gasteiger partial charge in [0.25, 0.3) is 5.91 Å². The van der Waals surface area contributed by atoms with Crippen LogP contribution in [0.5, 0.6) is 0 Å². The zero-order chi connectivity index (χ0) is 17.2. The van der Waals surface area contributed by atoms with E-state index in [0.29, 0.717) is 12.1 Å². The maximum atomic E-state index is 13.1. The van der Waals surface area contributed by atoms with E-state index in [4.69, 9.17) is 0 Å². The molecule has 0 saturated carbocycles. The summed E-state index contributed by atoms with van der Waals surface area (Å²) in [7, 11) is 1.96. The fraction of sp³-hybridized carbons (Fsp3) is 0.500. The molecule has 0 radical (unpaired) electrons. The molecule has 4 rings (SSSR count). The predicted octanol–water partition coefficient (Wildman–Crippen LogP) is 2.05. The first-order valence-corrected chi connectivity index (χ1v) is 8.94. The van der Waals surface area contributed by atoms with E-state index in [1.54, 1.807) is 12.4 Å². The van der Waals surface area contributed by atoms with Gasteiger partial charge in [0.15, 0.2) is 0 Å². The number of carbonyl (C=O) groups is 1. The molecule has 2 fully saturated rings. The molecule has 0 bridgehead atoms. The molecule has 0 aliphatic carbocycles. The van der Waals surface area contributed by atoms with Crippen molar-refractivity contribution in [3.8, 4) is 0 Å². The number of hydrogen-bond donors (Lipinski definition) is 1. The largest absolute Gasteiger partial charge is 0.357 e. The Morgan fingerprint density at radius 2 is 1.93 bits per heavy atom. The van der Waals surface area contributed by atoms with Gasteiger partial charge >= 0.3 is 0 Å². The Morgan fingerprint density at radius 1 is 1.15 bits per heavy atom. The SMILES string of the molecule is Cl.Cl.Cn1ccnc1C1CNCCN1C(=O)c1ccc(N2CCCC2)nc1. The molecule has 2 saturated heterocycles. The predicted molar refractivity (Wildman–Crippen MR) is 110 cm³/mol. The van der Waals surface area contributed by atoms with Crippen molar-refractivity contribution in [2.45, 2.75) is 18.9 Å². The first-order valence-electron chi connectivity index (χ1n) is 8.94. The van der Waals surface area contributed by atoms with Gasteiger partial charge in [-0.15, -0.1) is 24.8 Å². The minimum atomic E-state index is -0.0560. The van der Waals surface area contributed by atoms with Crippen molar-refractivity contribution in [3.63, 3.8) is 0 Å². The third-order valence-electron chi connectivity index (χ3n) is 5.09. The second kappa shape index (κ2) is 9.39. The van der Waals surface area contributed by atoms with Crippen molar-refractivity contribution in [2.75, 3.05) is 37.6 Å². The van der Waals surface area contributed by atoms with Crippen LogP contribution in [0.4, 0.5) is 5.82 Å². The molecule has 1 N–H and O–H groups in total. The van der Waals surface area contributed by atoms with E-state index in [1.807, 2.05) is 34.8 Å². The van der Waals surface area contributed by atoms with Gasteiger partial charge in [0.2, 0.25) is 0 Å².